The maximum Gasteiger partial charge on any atom is 0.306 e. The Balaban J connectivity index is 4.88. The molecule has 0 saturated heterocycles. The van der Waals surface area contributed by atoms with Gasteiger partial charge in [0.25, 0.3) is 0 Å². The molecule has 0 heterocycles. The van der Waals surface area contributed by atoms with Crippen molar-refractivity contribution in [1.82, 2.24) is 5.32 Å². The molecule has 0 aliphatic heterocycles. The molecule has 61 heavy (non-hydrogen) atoms. The second-order valence-corrected chi connectivity index (χ2v) is 15.5. The molecule has 0 aliphatic carbocycles. The van der Waals surface area contributed by atoms with Gasteiger partial charge in [0.15, 0.2) is 0 Å². The fourth-order valence-corrected chi connectivity index (χ4v) is 6.32. The van der Waals surface area contributed by atoms with Crippen molar-refractivity contribution in [2.45, 2.75) is 193 Å². The molecule has 3 unspecified atom stereocenters. The summed E-state index contributed by atoms with van der Waals surface area (Å²) in [4.78, 5) is 26.0. The van der Waals surface area contributed by atoms with Crippen LogP contribution in [-0.2, 0) is 14.3 Å². The van der Waals surface area contributed by atoms with Crippen molar-refractivity contribution in [2.24, 2.45) is 0 Å². The predicted molar refractivity (Wildman–Crippen MR) is 263 cm³/mol. The van der Waals surface area contributed by atoms with Gasteiger partial charge >= 0.3 is 5.97 Å². The van der Waals surface area contributed by atoms with Crippen LogP contribution in [0.4, 0.5) is 0 Å². The Morgan fingerprint density at radius 1 is 0.508 bits per heavy atom. The van der Waals surface area contributed by atoms with E-state index in [1.807, 2.05) is 60.8 Å². The van der Waals surface area contributed by atoms with Crippen LogP contribution in [0.5, 0.6) is 0 Å². The molecule has 0 spiro atoms. The van der Waals surface area contributed by atoms with E-state index in [9.17, 15) is 19.8 Å². The maximum atomic E-state index is 13.1. The van der Waals surface area contributed by atoms with Gasteiger partial charge in [-0.05, 0) is 77.0 Å². The quantitative estimate of drug-likeness (QED) is 0.0247. The van der Waals surface area contributed by atoms with E-state index in [0.717, 1.165) is 77.0 Å². The number of aliphatic hydroxyl groups excluding tert-OH is 2. The summed E-state index contributed by atoms with van der Waals surface area (Å²) in [5, 5.41) is 23.6. The van der Waals surface area contributed by atoms with Gasteiger partial charge in [-0.1, -0.05) is 219 Å². The van der Waals surface area contributed by atoms with Crippen molar-refractivity contribution in [3.8, 4) is 0 Å². The third kappa shape index (κ3) is 42.5. The average molecular weight is 842 g/mol. The number of carbonyl (C=O) groups is 2. The zero-order valence-corrected chi connectivity index (χ0v) is 38.7. The second kappa shape index (κ2) is 47.1. The van der Waals surface area contributed by atoms with Crippen LogP contribution < -0.4 is 5.32 Å². The summed E-state index contributed by atoms with van der Waals surface area (Å²) in [7, 11) is 0. The molecule has 3 N–H and O–H groups in total. The van der Waals surface area contributed by atoms with E-state index >= 15 is 0 Å². The molecule has 0 aromatic carbocycles. The highest BCUT2D eigenvalue weighted by molar-refractivity contribution is 5.77. The molecule has 0 aromatic rings. The lowest BCUT2D eigenvalue weighted by Crippen LogP contribution is -2.46. The molecule has 6 heteroatoms. The van der Waals surface area contributed by atoms with Crippen LogP contribution in [0, 0.1) is 0 Å². The molecule has 0 aliphatic rings. The normalized spacial score (nSPS) is 14.5. The van der Waals surface area contributed by atoms with Gasteiger partial charge in [0.05, 0.1) is 25.2 Å². The second-order valence-electron chi connectivity index (χ2n) is 15.5. The van der Waals surface area contributed by atoms with Gasteiger partial charge < -0.3 is 20.3 Å². The number of carbonyl (C=O) groups excluding carboxylic acids is 2. The first-order valence-corrected chi connectivity index (χ1v) is 24.0. The number of nitrogens with one attached hydrogen (secondary N) is 1. The molecule has 0 radical (unpaired) electrons. The molecule has 342 valence electrons. The summed E-state index contributed by atoms with van der Waals surface area (Å²) in [6.45, 7) is 6.15. The Kier molecular flexibility index (Phi) is 44.0. The Labute approximate surface area is 373 Å². The number of hydrogen-bond acceptors (Lipinski definition) is 5. The van der Waals surface area contributed by atoms with E-state index < -0.39 is 18.2 Å². The minimum atomic E-state index is -0.825. The number of ether oxygens (including phenoxy) is 1. The van der Waals surface area contributed by atoms with Crippen molar-refractivity contribution in [1.29, 1.82) is 0 Å². The Bertz CT molecular complexity index is 1360. The van der Waals surface area contributed by atoms with E-state index in [-0.39, 0.29) is 31.3 Å². The number of esters is 1. The van der Waals surface area contributed by atoms with E-state index in [1.54, 1.807) is 0 Å². The van der Waals surface area contributed by atoms with E-state index in [2.05, 4.69) is 99.0 Å². The minimum absolute atomic E-state index is 0.00596. The van der Waals surface area contributed by atoms with Gasteiger partial charge in [0, 0.05) is 6.42 Å². The van der Waals surface area contributed by atoms with Crippen molar-refractivity contribution < 1.29 is 24.5 Å². The zero-order valence-electron chi connectivity index (χ0n) is 38.7. The molecular weight excluding hydrogens is 755 g/mol. The van der Waals surface area contributed by atoms with Crippen molar-refractivity contribution in [3.63, 3.8) is 0 Å². The van der Waals surface area contributed by atoms with Gasteiger partial charge in [0.2, 0.25) is 5.91 Å². The number of unbranched alkanes of at least 4 members (excludes halogenated alkanes) is 11. The van der Waals surface area contributed by atoms with Crippen LogP contribution in [0.1, 0.15) is 175 Å². The van der Waals surface area contributed by atoms with Gasteiger partial charge in [-0.15, -0.1) is 0 Å². The molecule has 0 rings (SSSR count). The van der Waals surface area contributed by atoms with Crippen LogP contribution in [0.15, 0.2) is 134 Å². The van der Waals surface area contributed by atoms with Crippen LogP contribution in [0.2, 0.25) is 0 Å². The molecule has 0 aromatic heterocycles. The number of hydrogen-bond donors (Lipinski definition) is 3. The topological polar surface area (TPSA) is 95.9 Å². The van der Waals surface area contributed by atoms with E-state index in [4.69, 9.17) is 4.74 Å². The first-order valence-electron chi connectivity index (χ1n) is 24.0. The van der Waals surface area contributed by atoms with Gasteiger partial charge in [-0.2, -0.15) is 0 Å². The Morgan fingerprint density at radius 3 is 1.49 bits per heavy atom. The summed E-state index contributed by atoms with van der Waals surface area (Å²) in [6, 6.07) is -0.746. The van der Waals surface area contributed by atoms with Crippen LogP contribution in [0.3, 0.4) is 0 Å². The first-order chi connectivity index (χ1) is 30.0. The molecular formula is C55H87NO5. The smallest absolute Gasteiger partial charge is 0.306 e. The minimum Gasteiger partial charge on any atom is -0.462 e. The summed E-state index contributed by atoms with van der Waals surface area (Å²) < 4.78 is 5.85. The number of amides is 1. The van der Waals surface area contributed by atoms with Crippen LogP contribution >= 0.6 is 0 Å². The highest BCUT2D eigenvalue weighted by Gasteiger charge is 2.23. The van der Waals surface area contributed by atoms with Gasteiger partial charge in [-0.3, -0.25) is 9.59 Å². The summed E-state index contributed by atoms with van der Waals surface area (Å²) in [5.41, 5.74) is 0. The molecule has 0 saturated carbocycles. The largest absolute Gasteiger partial charge is 0.462 e. The third-order valence-corrected chi connectivity index (χ3v) is 9.89. The fourth-order valence-electron chi connectivity index (χ4n) is 6.32. The molecule has 1 amide bonds. The average Bonchev–Trinajstić information content (AvgIpc) is 3.25. The molecule has 3 atom stereocenters. The van der Waals surface area contributed by atoms with Gasteiger partial charge in [-0.25, -0.2) is 0 Å². The maximum absolute atomic E-state index is 13.1. The zero-order chi connectivity index (χ0) is 44.5. The van der Waals surface area contributed by atoms with E-state index in [1.165, 1.54) is 44.9 Å². The lowest BCUT2D eigenvalue weighted by atomic mass is 10.0. The highest BCUT2D eigenvalue weighted by atomic mass is 16.5. The number of allylic oxidation sites excluding steroid dienone is 22. The fraction of sp³-hybridized carbons (Fsp3) is 0.564. The van der Waals surface area contributed by atoms with Crippen molar-refractivity contribution in [3.05, 3.63) is 134 Å². The lowest BCUT2D eigenvalue weighted by molar-refractivity contribution is -0.151. The first kappa shape index (κ1) is 57.0. The van der Waals surface area contributed by atoms with Crippen LogP contribution in [0.25, 0.3) is 0 Å². The summed E-state index contributed by atoms with van der Waals surface area (Å²) >= 11 is 0. The number of rotatable bonds is 40. The van der Waals surface area contributed by atoms with E-state index in [0.29, 0.717) is 19.3 Å². The molecule has 6 nitrogen and oxygen atoms in total. The van der Waals surface area contributed by atoms with Crippen molar-refractivity contribution in [2.75, 3.05) is 6.61 Å². The summed E-state index contributed by atoms with van der Waals surface area (Å²) in [5.74, 6) is -0.637. The van der Waals surface area contributed by atoms with Crippen LogP contribution in [-0.4, -0.2) is 46.9 Å². The number of aliphatic hydroxyl groups is 2. The highest BCUT2D eigenvalue weighted by Crippen LogP contribution is 2.15. The summed E-state index contributed by atoms with van der Waals surface area (Å²) in [6.07, 6.45) is 66.6. The molecule has 0 fully saturated rings. The standard InChI is InChI=1S/C55H87NO5/c1-4-7-10-13-16-19-22-24-26-27-29-31-33-36-39-42-45-48-55(60)61-51(46-43-40-37-34-32-30-28-25-23-20-17-14-11-8-5-2)49-54(59)56-52(50-57)53(58)47-44-41-38-35-21-18-15-12-9-6-3/h7-8,10-11,14,16-17,19-20,23-26,28-32,34,36-37,39,51-53,57-58H,4-6,9,12-13,15,18,21-22,27,33,35,38,40-50H2,1-3H3,(H,56,59)/b10-7-,11-8-,17-14+,19-16-,23-20+,26-24-,28-25-,31-29-,32-30+,37-34+,39-36-. The Hall–Kier alpha value is -4.00. The molecule has 0 bridgehead atoms. The Morgan fingerprint density at radius 2 is 0.967 bits per heavy atom. The SMILES string of the molecule is CC\C=C/C=C/C=C/C=C\C=C\C=C\CCCC(CC(=O)NC(CO)C(O)CCCCCCCCCCCC)OC(=O)CCC/C=C\C/C=C\C/C=C\C/C=C\C/C=C\CC. The monoisotopic (exact) mass is 842 g/mol. The lowest BCUT2D eigenvalue weighted by Gasteiger charge is -2.24. The van der Waals surface area contributed by atoms with Crippen molar-refractivity contribution >= 4 is 11.9 Å². The van der Waals surface area contributed by atoms with Gasteiger partial charge in [0.1, 0.15) is 6.10 Å². The predicted octanol–water partition coefficient (Wildman–Crippen LogP) is 14.3. The third-order valence-electron chi connectivity index (χ3n) is 9.89.